The zero-order chi connectivity index (χ0) is 9.97. The minimum Gasteiger partial charge on any atom is -0.483 e. The highest BCUT2D eigenvalue weighted by atomic mass is 19.1. The minimum atomic E-state index is -0.642. The van der Waals surface area contributed by atoms with Gasteiger partial charge in [-0.15, -0.1) is 0 Å². The first-order valence-electron chi connectivity index (χ1n) is 4.59. The van der Waals surface area contributed by atoms with Gasteiger partial charge in [0.05, 0.1) is 0 Å². The Hall–Kier alpha value is -1.16. The molecule has 2 rings (SSSR count). The topological polar surface area (TPSA) is 21.3 Å². The number of para-hydroxylation sites is 1. The molecule has 0 aromatic heterocycles. The fraction of sp³-hybridized carbons (Fsp3) is 0.400. The van der Waals surface area contributed by atoms with Crippen LogP contribution < -0.4 is 10.1 Å². The van der Waals surface area contributed by atoms with Crippen molar-refractivity contribution in [3.63, 3.8) is 0 Å². The molecular formula is C10H11F2NO. The molecule has 1 aliphatic heterocycles. The van der Waals surface area contributed by atoms with E-state index < -0.39 is 11.6 Å². The maximum absolute atomic E-state index is 13.1. The summed E-state index contributed by atoms with van der Waals surface area (Å²) >= 11 is 0. The molecule has 2 nitrogen and oxygen atoms in total. The molecule has 1 aromatic carbocycles. The molecule has 0 radical (unpaired) electrons. The summed E-state index contributed by atoms with van der Waals surface area (Å²) in [6, 6.07) is 3.71. The van der Waals surface area contributed by atoms with Crippen molar-refractivity contribution in [1.29, 1.82) is 0 Å². The monoisotopic (exact) mass is 199 g/mol. The van der Waals surface area contributed by atoms with Crippen molar-refractivity contribution in [3.8, 4) is 5.75 Å². The molecule has 1 fully saturated rings. The second kappa shape index (κ2) is 3.92. The van der Waals surface area contributed by atoms with Crippen LogP contribution in [-0.2, 0) is 0 Å². The Morgan fingerprint density at radius 3 is 2.57 bits per heavy atom. The van der Waals surface area contributed by atoms with Crippen LogP contribution in [0.25, 0.3) is 0 Å². The van der Waals surface area contributed by atoms with E-state index in [0.717, 1.165) is 13.0 Å². The lowest BCUT2D eigenvalue weighted by molar-refractivity contribution is 0.202. The quantitative estimate of drug-likeness (QED) is 0.782. The molecule has 1 aromatic rings. The lowest BCUT2D eigenvalue weighted by atomic mass is 10.3. The molecule has 14 heavy (non-hydrogen) atoms. The standard InChI is InChI=1S/C10H11F2NO/c11-8-2-1-3-9(12)10(8)14-7-4-5-13-6-7/h1-3,7,13H,4-6H2. The molecule has 1 saturated heterocycles. The summed E-state index contributed by atoms with van der Waals surface area (Å²) in [6.45, 7) is 1.48. The molecule has 1 heterocycles. The third-order valence-corrected chi connectivity index (χ3v) is 2.22. The summed E-state index contributed by atoms with van der Waals surface area (Å²) in [5.41, 5.74) is 0. The van der Waals surface area contributed by atoms with E-state index in [1.165, 1.54) is 18.2 Å². The van der Waals surface area contributed by atoms with Gasteiger partial charge < -0.3 is 10.1 Å². The van der Waals surface area contributed by atoms with Gasteiger partial charge in [-0.3, -0.25) is 0 Å². The van der Waals surface area contributed by atoms with Crippen molar-refractivity contribution in [2.45, 2.75) is 12.5 Å². The summed E-state index contributed by atoms with van der Waals surface area (Å²) in [7, 11) is 0. The summed E-state index contributed by atoms with van der Waals surface area (Å²) < 4.78 is 31.5. The van der Waals surface area contributed by atoms with E-state index in [1.54, 1.807) is 0 Å². The van der Waals surface area contributed by atoms with E-state index >= 15 is 0 Å². The molecule has 4 heteroatoms. The van der Waals surface area contributed by atoms with Crippen LogP contribution in [0.15, 0.2) is 18.2 Å². The molecule has 1 aliphatic rings. The smallest absolute Gasteiger partial charge is 0.191 e. The van der Waals surface area contributed by atoms with Crippen LogP contribution in [0.5, 0.6) is 5.75 Å². The first-order valence-corrected chi connectivity index (χ1v) is 4.59. The fourth-order valence-electron chi connectivity index (χ4n) is 1.49. The number of hydrogen-bond acceptors (Lipinski definition) is 2. The first-order chi connectivity index (χ1) is 6.77. The van der Waals surface area contributed by atoms with Crippen molar-refractivity contribution < 1.29 is 13.5 Å². The molecule has 0 spiro atoms. The first kappa shape index (κ1) is 9.40. The molecule has 1 unspecified atom stereocenters. The summed E-state index contributed by atoms with van der Waals surface area (Å²) in [4.78, 5) is 0. The average molecular weight is 199 g/mol. The normalized spacial score (nSPS) is 21.1. The van der Waals surface area contributed by atoms with Crippen LogP contribution in [0.4, 0.5) is 8.78 Å². The van der Waals surface area contributed by atoms with Crippen LogP contribution in [0.1, 0.15) is 6.42 Å². The number of benzene rings is 1. The summed E-state index contributed by atoms with van der Waals surface area (Å²) in [6.07, 6.45) is 0.662. The maximum Gasteiger partial charge on any atom is 0.191 e. The Bertz CT molecular complexity index is 304. The highest BCUT2D eigenvalue weighted by Crippen LogP contribution is 2.23. The molecule has 0 saturated carbocycles. The fourth-order valence-corrected chi connectivity index (χ4v) is 1.49. The van der Waals surface area contributed by atoms with E-state index in [4.69, 9.17) is 4.74 Å². The van der Waals surface area contributed by atoms with E-state index in [-0.39, 0.29) is 11.9 Å². The summed E-state index contributed by atoms with van der Waals surface area (Å²) in [5.74, 6) is -1.55. The van der Waals surface area contributed by atoms with Crippen molar-refractivity contribution in [1.82, 2.24) is 5.32 Å². The van der Waals surface area contributed by atoms with Crippen LogP contribution in [0, 0.1) is 11.6 Å². The molecule has 0 bridgehead atoms. The number of hydrogen-bond donors (Lipinski definition) is 1. The van der Waals surface area contributed by atoms with Gasteiger partial charge >= 0.3 is 0 Å². The predicted molar refractivity (Wildman–Crippen MR) is 48.3 cm³/mol. The average Bonchev–Trinajstić information content (AvgIpc) is 2.64. The van der Waals surface area contributed by atoms with Crippen LogP contribution in [0.3, 0.4) is 0 Å². The van der Waals surface area contributed by atoms with Crippen molar-refractivity contribution in [3.05, 3.63) is 29.8 Å². The molecule has 76 valence electrons. The number of halogens is 2. The van der Waals surface area contributed by atoms with Gasteiger partial charge in [0.1, 0.15) is 6.10 Å². The second-order valence-electron chi connectivity index (χ2n) is 3.28. The lowest BCUT2D eigenvalue weighted by Crippen LogP contribution is -2.20. The molecule has 0 aliphatic carbocycles. The lowest BCUT2D eigenvalue weighted by Gasteiger charge is -2.13. The Labute approximate surface area is 80.9 Å². The third kappa shape index (κ3) is 1.85. The Morgan fingerprint density at radius 1 is 1.29 bits per heavy atom. The molecule has 1 atom stereocenters. The van der Waals surface area contributed by atoms with Crippen molar-refractivity contribution in [2.75, 3.05) is 13.1 Å². The largest absolute Gasteiger partial charge is 0.483 e. The van der Waals surface area contributed by atoms with E-state index in [2.05, 4.69) is 5.32 Å². The number of rotatable bonds is 2. The van der Waals surface area contributed by atoms with E-state index in [9.17, 15) is 8.78 Å². The third-order valence-electron chi connectivity index (χ3n) is 2.22. The van der Waals surface area contributed by atoms with Gasteiger partial charge in [-0.05, 0) is 25.1 Å². The maximum atomic E-state index is 13.1. The van der Waals surface area contributed by atoms with Crippen LogP contribution >= 0.6 is 0 Å². The van der Waals surface area contributed by atoms with Gasteiger partial charge in [0.25, 0.3) is 0 Å². The molecule has 0 amide bonds. The van der Waals surface area contributed by atoms with Gasteiger partial charge in [-0.1, -0.05) is 6.07 Å². The molecule has 1 N–H and O–H groups in total. The summed E-state index contributed by atoms with van der Waals surface area (Å²) in [5, 5.41) is 3.06. The van der Waals surface area contributed by atoms with Crippen molar-refractivity contribution in [2.24, 2.45) is 0 Å². The zero-order valence-corrected chi connectivity index (χ0v) is 7.59. The highest BCUT2D eigenvalue weighted by Gasteiger charge is 2.19. The van der Waals surface area contributed by atoms with E-state index in [0.29, 0.717) is 6.54 Å². The Kier molecular flexibility index (Phi) is 2.63. The number of nitrogens with one attached hydrogen (secondary N) is 1. The van der Waals surface area contributed by atoms with Crippen molar-refractivity contribution >= 4 is 0 Å². The van der Waals surface area contributed by atoms with Crippen LogP contribution in [-0.4, -0.2) is 19.2 Å². The van der Waals surface area contributed by atoms with Gasteiger partial charge in [0.2, 0.25) is 0 Å². The van der Waals surface area contributed by atoms with E-state index in [1.807, 2.05) is 0 Å². The zero-order valence-electron chi connectivity index (χ0n) is 7.59. The SMILES string of the molecule is Fc1cccc(F)c1OC1CCNC1. The van der Waals surface area contributed by atoms with Gasteiger partial charge in [-0.2, -0.15) is 0 Å². The van der Waals surface area contributed by atoms with Crippen LogP contribution in [0.2, 0.25) is 0 Å². The minimum absolute atomic E-state index is 0.124. The Balaban J connectivity index is 2.14. The molecular weight excluding hydrogens is 188 g/mol. The van der Waals surface area contributed by atoms with Gasteiger partial charge in [0, 0.05) is 6.54 Å². The van der Waals surface area contributed by atoms with Gasteiger partial charge in [-0.25, -0.2) is 8.78 Å². The predicted octanol–water partition coefficient (Wildman–Crippen LogP) is 1.71. The number of ether oxygens (including phenoxy) is 1. The second-order valence-corrected chi connectivity index (χ2v) is 3.28. The Morgan fingerprint density at radius 2 is 2.00 bits per heavy atom. The highest BCUT2D eigenvalue weighted by molar-refractivity contribution is 5.26. The van der Waals surface area contributed by atoms with Gasteiger partial charge in [0.15, 0.2) is 17.4 Å².